The van der Waals surface area contributed by atoms with Crippen molar-refractivity contribution in [3.63, 3.8) is 0 Å². The van der Waals surface area contributed by atoms with E-state index in [2.05, 4.69) is 72.8 Å². The summed E-state index contributed by atoms with van der Waals surface area (Å²) in [5.41, 5.74) is 5.33. The van der Waals surface area contributed by atoms with Crippen molar-refractivity contribution in [1.29, 1.82) is 0 Å². The molecule has 0 heterocycles. The van der Waals surface area contributed by atoms with Crippen molar-refractivity contribution in [3.8, 4) is 0 Å². The fraction of sp³-hybridized carbons (Fsp3) is 0.0588. The molecule has 0 N–H and O–H groups in total. The maximum Gasteiger partial charge on any atom is -0.0145 e. The number of hydrogen-bond donors (Lipinski definition) is 0. The molecule has 0 aliphatic heterocycles. The maximum atomic E-state index is 2.30. The van der Waals surface area contributed by atoms with Crippen LogP contribution in [-0.4, -0.2) is 0 Å². The molecule has 0 heteroatoms. The van der Waals surface area contributed by atoms with E-state index < -0.39 is 0 Å². The van der Waals surface area contributed by atoms with E-state index in [0.29, 0.717) is 0 Å². The molecule has 2 aromatic carbocycles. The van der Waals surface area contributed by atoms with E-state index in [-0.39, 0.29) is 0 Å². The quantitative estimate of drug-likeness (QED) is 0.693. The van der Waals surface area contributed by atoms with Crippen LogP contribution in [0.3, 0.4) is 0 Å². The third kappa shape index (κ3) is 1.94. The first-order valence-corrected chi connectivity index (χ1v) is 5.97. The first-order chi connectivity index (χ1) is 8.45. The van der Waals surface area contributed by atoms with Crippen LogP contribution in [0.4, 0.5) is 0 Å². The summed E-state index contributed by atoms with van der Waals surface area (Å²) in [6, 6.07) is 21.2. The third-order valence-electron chi connectivity index (χ3n) is 3.10. The molecule has 1 aliphatic rings. The molecule has 2 aromatic rings. The first-order valence-electron chi connectivity index (χ1n) is 5.97. The van der Waals surface area contributed by atoms with Gasteiger partial charge < -0.3 is 0 Å². The van der Waals surface area contributed by atoms with Crippen LogP contribution in [0.2, 0.25) is 0 Å². The van der Waals surface area contributed by atoms with Crippen LogP contribution in [0.1, 0.15) is 17.5 Å². The van der Waals surface area contributed by atoms with Crippen molar-refractivity contribution in [1.82, 2.24) is 0 Å². The van der Waals surface area contributed by atoms with E-state index in [9.17, 15) is 0 Å². The second kappa shape index (κ2) is 4.42. The Labute approximate surface area is 102 Å². The second-order valence-electron chi connectivity index (χ2n) is 4.20. The minimum Gasteiger partial charge on any atom is -0.0722 e. The average Bonchev–Trinajstić information content (AvgIpc) is 2.90. The Bertz CT molecular complexity index is 506. The van der Waals surface area contributed by atoms with Gasteiger partial charge in [-0.2, -0.15) is 0 Å². The van der Waals surface area contributed by atoms with Gasteiger partial charge in [-0.15, -0.1) is 0 Å². The highest BCUT2D eigenvalue weighted by atomic mass is 14.2. The lowest BCUT2D eigenvalue weighted by atomic mass is 9.95. The molecular weight excluding hydrogens is 204 g/mol. The third-order valence-corrected chi connectivity index (χ3v) is 3.10. The van der Waals surface area contributed by atoms with Gasteiger partial charge in [-0.1, -0.05) is 72.8 Å². The molecule has 3 rings (SSSR count). The number of rotatable bonds is 2. The fourth-order valence-electron chi connectivity index (χ4n) is 2.30. The predicted octanol–water partition coefficient (Wildman–Crippen LogP) is 4.56. The number of allylic oxidation sites excluding steroid dienone is 4. The van der Waals surface area contributed by atoms with Crippen molar-refractivity contribution in [3.05, 3.63) is 83.9 Å². The van der Waals surface area contributed by atoms with Gasteiger partial charge in [0, 0.05) is 0 Å². The Kier molecular flexibility index (Phi) is 2.63. The van der Waals surface area contributed by atoms with Crippen LogP contribution in [0.25, 0.3) is 11.1 Å². The summed E-state index contributed by atoms with van der Waals surface area (Å²) in [5, 5.41) is 0. The Morgan fingerprint density at radius 3 is 1.35 bits per heavy atom. The molecule has 0 aromatic heterocycles. The summed E-state index contributed by atoms with van der Waals surface area (Å²) in [6.07, 6.45) is 5.64. The minimum absolute atomic E-state index is 1.04. The lowest BCUT2D eigenvalue weighted by Gasteiger charge is -2.09. The Balaban J connectivity index is 2.01. The predicted molar refractivity (Wildman–Crippen MR) is 73.5 cm³/mol. The molecule has 0 amide bonds. The van der Waals surface area contributed by atoms with Gasteiger partial charge in [0.1, 0.15) is 0 Å². The first kappa shape index (κ1) is 10.1. The Morgan fingerprint density at radius 1 is 0.529 bits per heavy atom. The molecule has 0 radical (unpaired) electrons. The standard InChI is InChI=1S/C17H14/c1-3-8-14(9-4-1)16-12-7-13-17(16)15-10-5-2-6-11-15/h1-6,8-13H,7H2. The van der Waals surface area contributed by atoms with Gasteiger partial charge in [-0.3, -0.25) is 0 Å². The summed E-state index contributed by atoms with van der Waals surface area (Å²) in [4.78, 5) is 0. The van der Waals surface area contributed by atoms with Crippen molar-refractivity contribution in [2.45, 2.75) is 6.42 Å². The molecule has 0 atom stereocenters. The van der Waals surface area contributed by atoms with Crippen LogP contribution in [0.15, 0.2) is 72.8 Å². The molecule has 17 heavy (non-hydrogen) atoms. The van der Waals surface area contributed by atoms with Gasteiger partial charge >= 0.3 is 0 Å². The van der Waals surface area contributed by atoms with Crippen LogP contribution < -0.4 is 0 Å². The van der Waals surface area contributed by atoms with Gasteiger partial charge in [0.15, 0.2) is 0 Å². The lowest BCUT2D eigenvalue weighted by molar-refractivity contribution is 1.45. The number of hydrogen-bond acceptors (Lipinski definition) is 0. The molecule has 82 valence electrons. The van der Waals surface area contributed by atoms with Crippen molar-refractivity contribution in [2.24, 2.45) is 0 Å². The van der Waals surface area contributed by atoms with E-state index in [1.165, 1.54) is 22.3 Å². The van der Waals surface area contributed by atoms with Crippen LogP contribution in [0, 0.1) is 0 Å². The highest BCUT2D eigenvalue weighted by Gasteiger charge is 2.12. The van der Waals surface area contributed by atoms with Gasteiger partial charge in [0.25, 0.3) is 0 Å². The molecule has 0 nitrogen and oxygen atoms in total. The van der Waals surface area contributed by atoms with Crippen LogP contribution in [-0.2, 0) is 0 Å². The SMILES string of the molecule is C1=C(c2ccccc2)C(c2ccccc2)=CC1. The van der Waals surface area contributed by atoms with Crippen LogP contribution in [0.5, 0.6) is 0 Å². The fourth-order valence-corrected chi connectivity index (χ4v) is 2.30. The molecule has 0 spiro atoms. The highest BCUT2D eigenvalue weighted by Crippen LogP contribution is 2.35. The van der Waals surface area contributed by atoms with Crippen molar-refractivity contribution < 1.29 is 0 Å². The number of benzene rings is 2. The van der Waals surface area contributed by atoms with E-state index >= 15 is 0 Å². The maximum absolute atomic E-state index is 2.30. The molecule has 0 bridgehead atoms. The van der Waals surface area contributed by atoms with Gasteiger partial charge in [-0.05, 0) is 28.7 Å². The zero-order chi connectivity index (χ0) is 11.5. The van der Waals surface area contributed by atoms with E-state index in [1.54, 1.807) is 0 Å². The largest absolute Gasteiger partial charge is 0.0722 e. The minimum atomic E-state index is 1.04. The van der Waals surface area contributed by atoms with E-state index in [4.69, 9.17) is 0 Å². The topological polar surface area (TPSA) is 0 Å². The van der Waals surface area contributed by atoms with Gasteiger partial charge in [0.2, 0.25) is 0 Å². The summed E-state index contributed by atoms with van der Waals surface area (Å²) in [7, 11) is 0. The molecule has 0 saturated heterocycles. The second-order valence-corrected chi connectivity index (χ2v) is 4.20. The van der Waals surface area contributed by atoms with Crippen molar-refractivity contribution in [2.75, 3.05) is 0 Å². The summed E-state index contributed by atoms with van der Waals surface area (Å²) in [5.74, 6) is 0. The van der Waals surface area contributed by atoms with Crippen molar-refractivity contribution >= 4 is 11.1 Å². The van der Waals surface area contributed by atoms with Gasteiger partial charge in [0.05, 0.1) is 0 Å². The molecule has 0 saturated carbocycles. The van der Waals surface area contributed by atoms with E-state index in [1.807, 2.05) is 0 Å². The van der Waals surface area contributed by atoms with E-state index in [0.717, 1.165) is 6.42 Å². The molecular formula is C17H14. The summed E-state index contributed by atoms with van der Waals surface area (Å²) in [6.45, 7) is 0. The molecule has 0 fully saturated rings. The Morgan fingerprint density at radius 2 is 0.941 bits per heavy atom. The molecule has 0 unspecified atom stereocenters. The van der Waals surface area contributed by atoms with Gasteiger partial charge in [-0.25, -0.2) is 0 Å². The lowest BCUT2D eigenvalue weighted by Crippen LogP contribution is -1.86. The smallest absolute Gasteiger partial charge is 0.0145 e. The molecule has 1 aliphatic carbocycles. The van der Waals surface area contributed by atoms with Crippen LogP contribution >= 0.6 is 0 Å². The zero-order valence-corrected chi connectivity index (χ0v) is 9.64. The average molecular weight is 218 g/mol. The summed E-state index contributed by atoms with van der Waals surface area (Å²) < 4.78 is 0. The normalized spacial score (nSPS) is 14.4. The summed E-state index contributed by atoms with van der Waals surface area (Å²) >= 11 is 0. The zero-order valence-electron chi connectivity index (χ0n) is 9.64. The highest BCUT2D eigenvalue weighted by molar-refractivity contribution is 6.06. The monoisotopic (exact) mass is 218 g/mol. The Hall–Kier alpha value is -2.08.